The van der Waals surface area contributed by atoms with E-state index >= 15 is 0 Å². The maximum absolute atomic E-state index is 12.0. The highest BCUT2D eigenvalue weighted by Gasteiger charge is 2.40. The van der Waals surface area contributed by atoms with Gasteiger partial charge < -0.3 is 5.11 Å². The predicted octanol–water partition coefficient (Wildman–Crippen LogP) is 2.18. The molecule has 1 unspecified atom stereocenters. The molecule has 0 aliphatic heterocycles. The normalized spacial score (nSPS) is 15.6. The van der Waals surface area contributed by atoms with Gasteiger partial charge in [-0.3, -0.25) is 4.90 Å². The molecule has 2 nitrogen and oxygen atoms in total. The van der Waals surface area contributed by atoms with Gasteiger partial charge in [-0.05, 0) is 13.0 Å². The summed E-state index contributed by atoms with van der Waals surface area (Å²) in [6, 6.07) is 0. The highest BCUT2D eigenvalue weighted by Crippen LogP contribution is 2.22. The van der Waals surface area contributed by atoms with E-state index < -0.39 is 31.5 Å². The number of hydrogen-bond donors (Lipinski definition) is 1. The molecule has 0 aliphatic carbocycles. The first-order chi connectivity index (χ1) is 7.06. The minimum Gasteiger partial charge on any atom is -0.382 e. The molecule has 0 bridgehead atoms. The highest BCUT2D eigenvalue weighted by atomic mass is 19.4. The fourth-order valence-corrected chi connectivity index (χ4v) is 1.15. The van der Waals surface area contributed by atoms with Crippen molar-refractivity contribution in [1.82, 2.24) is 4.90 Å². The summed E-state index contributed by atoms with van der Waals surface area (Å²) in [6.45, 7) is -1.11. The first-order valence-electron chi connectivity index (χ1n) is 4.60. The van der Waals surface area contributed by atoms with Crippen LogP contribution < -0.4 is 0 Å². The molecule has 0 saturated carbocycles. The van der Waals surface area contributed by atoms with E-state index in [-0.39, 0.29) is 13.0 Å². The maximum Gasteiger partial charge on any atom is 0.415 e. The van der Waals surface area contributed by atoms with Crippen LogP contribution >= 0.6 is 0 Å². The molecule has 0 radical (unpaired) electrons. The van der Waals surface area contributed by atoms with Crippen LogP contribution in [0.1, 0.15) is 13.3 Å². The lowest BCUT2D eigenvalue weighted by atomic mass is 10.3. The Balaban J connectivity index is 4.34. The van der Waals surface area contributed by atoms with Crippen molar-refractivity contribution >= 4 is 0 Å². The zero-order chi connectivity index (χ0) is 13.0. The summed E-state index contributed by atoms with van der Waals surface area (Å²) in [5.74, 6) is 0. The second kappa shape index (κ2) is 5.72. The smallest absolute Gasteiger partial charge is 0.382 e. The molecule has 0 saturated heterocycles. The van der Waals surface area contributed by atoms with E-state index in [1.807, 2.05) is 0 Å². The van der Waals surface area contributed by atoms with Crippen molar-refractivity contribution in [2.45, 2.75) is 31.8 Å². The summed E-state index contributed by atoms with van der Waals surface area (Å²) in [7, 11) is 0. The average Bonchev–Trinajstić information content (AvgIpc) is 1.99. The lowest BCUT2D eigenvalue weighted by Crippen LogP contribution is -2.44. The number of aliphatic hydroxyl groups is 1. The van der Waals surface area contributed by atoms with E-state index in [0.29, 0.717) is 4.90 Å². The van der Waals surface area contributed by atoms with Gasteiger partial charge in [-0.2, -0.15) is 26.3 Å². The van der Waals surface area contributed by atoms with Gasteiger partial charge in [0.2, 0.25) is 0 Å². The zero-order valence-corrected chi connectivity index (χ0v) is 8.57. The number of hydrogen-bond acceptors (Lipinski definition) is 2. The summed E-state index contributed by atoms with van der Waals surface area (Å²) in [5.41, 5.74) is 0. The van der Waals surface area contributed by atoms with Gasteiger partial charge >= 0.3 is 12.4 Å². The number of rotatable bonds is 5. The van der Waals surface area contributed by atoms with Gasteiger partial charge in [0.05, 0.1) is 6.54 Å². The largest absolute Gasteiger partial charge is 0.415 e. The molecule has 1 atom stereocenters. The van der Waals surface area contributed by atoms with Crippen molar-refractivity contribution in [3.63, 3.8) is 0 Å². The lowest BCUT2D eigenvalue weighted by molar-refractivity contribution is -0.214. The van der Waals surface area contributed by atoms with Crippen LogP contribution in [0.15, 0.2) is 0 Å². The second-order valence-electron chi connectivity index (χ2n) is 3.41. The second-order valence-corrected chi connectivity index (χ2v) is 3.41. The molecule has 16 heavy (non-hydrogen) atoms. The lowest BCUT2D eigenvalue weighted by Gasteiger charge is -2.26. The molecule has 0 fully saturated rings. The fraction of sp³-hybridized carbons (Fsp3) is 1.00. The molecule has 0 aromatic heterocycles. The van der Waals surface area contributed by atoms with Crippen molar-refractivity contribution in [2.75, 3.05) is 19.6 Å². The van der Waals surface area contributed by atoms with Crippen molar-refractivity contribution in [1.29, 1.82) is 0 Å². The Kier molecular flexibility index (Phi) is 5.54. The number of halogens is 6. The van der Waals surface area contributed by atoms with Gasteiger partial charge in [0.25, 0.3) is 0 Å². The van der Waals surface area contributed by atoms with Gasteiger partial charge in [0.1, 0.15) is 0 Å². The predicted molar refractivity (Wildman–Crippen MR) is 44.8 cm³/mol. The average molecular weight is 253 g/mol. The van der Waals surface area contributed by atoms with Gasteiger partial charge in [-0.1, -0.05) is 6.92 Å². The third kappa shape index (κ3) is 6.89. The third-order valence-electron chi connectivity index (χ3n) is 1.75. The number of alkyl halides is 6. The van der Waals surface area contributed by atoms with Crippen LogP contribution in [0.2, 0.25) is 0 Å². The van der Waals surface area contributed by atoms with Crippen molar-refractivity contribution in [3.05, 3.63) is 0 Å². The van der Waals surface area contributed by atoms with Crippen molar-refractivity contribution in [2.24, 2.45) is 0 Å². The summed E-state index contributed by atoms with van der Waals surface area (Å²) < 4.78 is 71.7. The fourth-order valence-electron chi connectivity index (χ4n) is 1.15. The minimum absolute atomic E-state index is 0.146. The maximum atomic E-state index is 12.0. The molecular formula is C8H13F6NO. The van der Waals surface area contributed by atoms with Gasteiger partial charge in [-0.25, -0.2) is 0 Å². The quantitative estimate of drug-likeness (QED) is 0.759. The Morgan fingerprint density at radius 2 is 1.62 bits per heavy atom. The summed E-state index contributed by atoms with van der Waals surface area (Å²) in [4.78, 5) is 0.540. The molecule has 0 aromatic rings. The van der Waals surface area contributed by atoms with Gasteiger partial charge in [0.15, 0.2) is 6.10 Å². The van der Waals surface area contributed by atoms with Crippen LogP contribution in [-0.4, -0.2) is 48.1 Å². The molecule has 0 aromatic carbocycles. The van der Waals surface area contributed by atoms with Crippen LogP contribution in [0.4, 0.5) is 26.3 Å². The molecule has 0 amide bonds. The van der Waals surface area contributed by atoms with E-state index in [1.54, 1.807) is 6.92 Å². The third-order valence-corrected chi connectivity index (χ3v) is 1.75. The summed E-state index contributed by atoms with van der Waals surface area (Å²) in [6.07, 6.45) is -11.9. The van der Waals surface area contributed by atoms with E-state index in [0.717, 1.165) is 0 Å². The molecule has 8 heteroatoms. The van der Waals surface area contributed by atoms with Crippen LogP contribution in [-0.2, 0) is 0 Å². The van der Waals surface area contributed by atoms with E-state index in [4.69, 9.17) is 5.11 Å². The molecule has 98 valence electrons. The van der Waals surface area contributed by atoms with Crippen LogP contribution in [0.25, 0.3) is 0 Å². The molecule has 0 aliphatic rings. The zero-order valence-electron chi connectivity index (χ0n) is 8.57. The van der Waals surface area contributed by atoms with Crippen LogP contribution in [0.5, 0.6) is 0 Å². The summed E-state index contributed by atoms with van der Waals surface area (Å²) >= 11 is 0. The monoisotopic (exact) mass is 253 g/mol. The molecule has 1 N–H and O–H groups in total. The Morgan fingerprint density at radius 3 is 1.94 bits per heavy atom. The van der Waals surface area contributed by atoms with Crippen molar-refractivity contribution < 1.29 is 31.4 Å². The molecular weight excluding hydrogens is 240 g/mol. The van der Waals surface area contributed by atoms with E-state index in [9.17, 15) is 26.3 Å². The minimum atomic E-state index is -4.89. The first kappa shape index (κ1) is 15.5. The molecule has 0 spiro atoms. The van der Waals surface area contributed by atoms with E-state index in [2.05, 4.69) is 0 Å². The van der Waals surface area contributed by atoms with Crippen LogP contribution in [0.3, 0.4) is 0 Å². The Labute approximate surface area is 88.8 Å². The highest BCUT2D eigenvalue weighted by molar-refractivity contribution is 4.72. The molecule has 0 rings (SSSR count). The van der Waals surface area contributed by atoms with E-state index in [1.165, 1.54) is 0 Å². The SMILES string of the molecule is CCCN(CC(O)C(F)(F)F)CC(F)(F)F. The molecule has 0 heterocycles. The van der Waals surface area contributed by atoms with Gasteiger partial charge in [-0.15, -0.1) is 0 Å². The number of nitrogens with zero attached hydrogens (tertiary/aromatic N) is 1. The first-order valence-corrected chi connectivity index (χ1v) is 4.60. The van der Waals surface area contributed by atoms with Gasteiger partial charge in [0, 0.05) is 6.54 Å². The Hall–Kier alpha value is -0.500. The Bertz CT molecular complexity index is 202. The summed E-state index contributed by atoms with van der Waals surface area (Å²) in [5, 5.41) is 8.65. The topological polar surface area (TPSA) is 23.5 Å². The van der Waals surface area contributed by atoms with Crippen molar-refractivity contribution in [3.8, 4) is 0 Å². The number of aliphatic hydroxyl groups excluding tert-OH is 1. The van der Waals surface area contributed by atoms with Crippen LogP contribution in [0, 0.1) is 0 Å². The standard InChI is InChI=1S/C8H13F6NO/c1-2-3-15(5-7(9,10)11)4-6(16)8(12,13)14/h6,16H,2-5H2,1H3. The Morgan fingerprint density at radius 1 is 1.12 bits per heavy atom.